The molecule has 1 atom stereocenters. The minimum absolute atomic E-state index is 0.0694. The van der Waals surface area contributed by atoms with Crippen molar-refractivity contribution in [2.24, 2.45) is 0 Å². The van der Waals surface area contributed by atoms with Crippen LogP contribution in [0.3, 0.4) is 0 Å². The molecule has 0 N–H and O–H groups in total. The molecule has 0 aliphatic rings. The van der Waals surface area contributed by atoms with Gasteiger partial charge in [0.1, 0.15) is 13.2 Å². The van der Waals surface area contributed by atoms with Crippen LogP contribution in [-0.4, -0.2) is 37.2 Å². The van der Waals surface area contributed by atoms with E-state index in [1.807, 2.05) is 0 Å². The third-order valence-corrected chi connectivity index (χ3v) is 12.0. The molecule has 358 valence electrons. The molecule has 0 radical (unpaired) electrons. The molecule has 1 unspecified atom stereocenters. The van der Waals surface area contributed by atoms with Gasteiger partial charge in [0.25, 0.3) is 0 Å². The lowest BCUT2D eigenvalue weighted by Gasteiger charge is -2.18. The van der Waals surface area contributed by atoms with Crippen molar-refractivity contribution >= 4 is 17.9 Å². The first kappa shape index (κ1) is 58.9. The van der Waals surface area contributed by atoms with E-state index in [4.69, 9.17) is 14.2 Å². The van der Waals surface area contributed by atoms with Crippen molar-refractivity contribution in [1.29, 1.82) is 0 Å². The summed E-state index contributed by atoms with van der Waals surface area (Å²) in [5, 5.41) is 0. The molecule has 0 saturated heterocycles. The Hall–Kier alpha value is -2.11. The zero-order valence-corrected chi connectivity index (χ0v) is 40.9. The molecular weight excluding hydrogens is 757 g/mol. The lowest BCUT2D eigenvalue weighted by molar-refractivity contribution is -0.167. The van der Waals surface area contributed by atoms with Crippen LogP contribution in [0.5, 0.6) is 0 Å². The number of rotatable bonds is 49. The highest BCUT2D eigenvalue weighted by atomic mass is 16.6. The first-order chi connectivity index (χ1) is 30.0. The van der Waals surface area contributed by atoms with E-state index in [1.54, 1.807) is 0 Å². The summed E-state index contributed by atoms with van der Waals surface area (Å²) < 4.78 is 16.8. The summed E-state index contributed by atoms with van der Waals surface area (Å²) in [6, 6.07) is 0. The van der Waals surface area contributed by atoms with Gasteiger partial charge in [-0.3, -0.25) is 14.4 Å². The van der Waals surface area contributed by atoms with Crippen molar-refractivity contribution < 1.29 is 28.6 Å². The summed E-state index contributed by atoms with van der Waals surface area (Å²) in [6.45, 7) is 6.56. The zero-order valence-electron chi connectivity index (χ0n) is 40.9. The summed E-state index contributed by atoms with van der Waals surface area (Å²) >= 11 is 0. The highest BCUT2D eigenvalue weighted by Crippen LogP contribution is 2.17. The zero-order chi connectivity index (χ0) is 44.4. The van der Waals surface area contributed by atoms with Crippen molar-refractivity contribution in [2.75, 3.05) is 13.2 Å². The SMILES string of the molecule is CC/C=C\C/C=C\CCCCCCCCCC(=O)OC(COC(=O)CCCCCCCCCCCCCC)COC(=O)CCCCCCCCCCCCCCCCCCC. The van der Waals surface area contributed by atoms with Crippen molar-refractivity contribution in [1.82, 2.24) is 0 Å². The van der Waals surface area contributed by atoms with Gasteiger partial charge in [-0.15, -0.1) is 0 Å². The molecule has 0 amide bonds. The van der Waals surface area contributed by atoms with Gasteiger partial charge in [0.2, 0.25) is 0 Å². The molecular formula is C55H102O6. The van der Waals surface area contributed by atoms with Crippen LogP contribution >= 0.6 is 0 Å². The molecule has 0 saturated carbocycles. The third kappa shape index (κ3) is 48.8. The largest absolute Gasteiger partial charge is 0.462 e. The van der Waals surface area contributed by atoms with E-state index in [0.29, 0.717) is 19.3 Å². The molecule has 0 spiro atoms. The number of carbonyl (C=O) groups excluding carboxylic acids is 3. The van der Waals surface area contributed by atoms with Crippen molar-refractivity contribution in [3.63, 3.8) is 0 Å². The van der Waals surface area contributed by atoms with Crippen LogP contribution in [0.15, 0.2) is 24.3 Å². The molecule has 0 bridgehead atoms. The summed E-state index contributed by atoms with van der Waals surface area (Å²) in [5.41, 5.74) is 0. The molecule has 6 nitrogen and oxygen atoms in total. The minimum atomic E-state index is -0.769. The maximum atomic E-state index is 12.8. The molecule has 61 heavy (non-hydrogen) atoms. The Morgan fingerprint density at radius 2 is 0.639 bits per heavy atom. The summed E-state index contributed by atoms with van der Waals surface area (Å²) in [4.78, 5) is 38.0. The highest BCUT2D eigenvalue weighted by molar-refractivity contribution is 5.71. The number of ether oxygens (including phenoxy) is 3. The van der Waals surface area contributed by atoms with Gasteiger partial charge < -0.3 is 14.2 Å². The Balaban J connectivity index is 4.31. The number of esters is 3. The molecule has 0 fully saturated rings. The predicted octanol–water partition coefficient (Wildman–Crippen LogP) is 17.5. The Kier molecular flexibility index (Phi) is 48.8. The third-order valence-electron chi connectivity index (χ3n) is 12.0. The number of carbonyl (C=O) groups is 3. The maximum Gasteiger partial charge on any atom is 0.306 e. The Labute approximate surface area is 379 Å². The average Bonchev–Trinajstić information content (AvgIpc) is 3.26. The molecule has 0 heterocycles. The number of allylic oxidation sites excluding steroid dienone is 4. The second kappa shape index (κ2) is 50.5. The molecule has 0 aromatic carbocycles. The van der Waals surface area contributed by atoms with Crippen LogP contribution in [0.2, 0.25) is 0 Å². The van der Waals surface area contributed by atoms with Gasteiger partial charge in [0, 0.05) is 19.3 Å². The van der Waals surface area contributed by atoms with Gasteiger partial charge in [0.05, 0.1) is 0 Å². The molecule has 0 rings (SSSR count). The average molecular weight is 859 g/mol. The maximum absolute atomic E-state index is 12.8. The van der Waals surface area contributed by atoms with Crippen molar-refractivity contribution in [3.8, 4) is 0 Å². The van der Waals surface area contributed by atoms with Gasteiger partial charge in [-0.1, -0.05) is 251 Å². The van der Waals surface area contributed by atoms with Gasteiger partial charge in [-0.25, -0.2) is 0 Å². The molecule has 0 aliphatic carbocycles. The molecule has 0 aromatic rings. The topological polar surface area (TPSA) is 78.9 Å². The van der Waals surface area contributed by atoms with E-state index in [2.05, 4.69) is 45.1 Å². The van der Waals surface area contributed by atoms with Crippen LogP contribution in [0.25, 0.3) is 0 Å². The fourth-order valence-corrected chi connectivity index (χ4v) is 7.95. The quantitative estimate of drug-likeness (QED) is 0.0262. The second-order valence-electron chi connectivity index (χ2n) is 18.1. The Bertz CT molecular complexity index is 989. The Morgan fingerprint density at radius 3 is 0.984 bits per heavy atom. The highest BCUT2D eigenvalue weighted by Gasteiger charge is 2.19. The van der Waals surface area contributed by atoms with E-state index >= 15 is 0 Å². The van der Waals surface area contributed by atoms with Crippen LogP contribution < -0.4 is 0 Å². The molecule has 6 heteroatoms. The van der Waals surface area contributed by atoms with Gasteiger partial charge >= 0.3 is 17.9 Å². The second-order valence-corrected chi connectivity index (χ2v) is 18.1. The first-order valence-electron chi connectivity index (χ1n) is 26.8. The van der Waals surface area contributed by atoms with E-state index in [9.17, 15) is 14.4 Å². The summed E-state index contributed by atoms with van der Waals surface area (Å²) in [7, 11) is 0. The first-order valence-corrected chi connectivity index (χ1v) is 26.8. The van der Waals surface area contributed by atoms with Crippen LogP contribution in [0.1, 0.15) is 290 Å². The van der Waals surface area contributed by atoms with Crippen molar-refractivity contribution in [2.45, 2.75) is 297 Å². The molecule has 0 aromatic heterocycles. The summed E-state index contributed by atoms with van der Waals surface area (Å²) in [6.07, 6.45) is 57.3. The van der Waals surface area contributed by atoms with E-state index in [0.717, 1.165) is 77.0 Å². The Morgan fingerprint density at radius 1 is 0.344 bits per heavy atom. The molecule has 0 aliphatic heterocycles. The van der Waals surface area contributed by atoms with Gasteiger partial charge in [-0.05, 0) is 44.9 Å². The van der Waals surface area contributed by atoms with Crippen LogP contribution in [-0.2, 0) is 28.6 Å². The number of hydrogen-bond acceptors (Lipinski definition) is 6. The fourth-order valence-electron chi connectivity index (χ4n) is 7.95. The predicted molar refractivity (Wildman–Crippen MR) is 261 cm³/mol. The van der Waals surface area contributed by atoms with Gasteiger partial charge in [0.15, 0.2) is 6.10 Å². The smallest absolute Gasteiger partial charge is 0.306 e. The lowest BCUT2D eigenvalue weighted by atomic mass is 10.0. The van der Waals surface area contributed by atoms with Crippen LogP contribution in [0.4, 0.5) is 0 Å². The van der Waals surface area contributed by atoms with E-state index in [-0.39, 0.29) is 31.1 Å². The minimum Gasteiger partial charge on any atom is -0.462 e. The van der Waals surface area contributed by atoms with E-state index < -0.39 is 6.10 Å². The fraction of sp³-hybridized carbons (Fsp3) is 0.873. The standard InChI is InChI=1S/C55H102O6/c1-4-7-10-13-16-19-22-25-27-28-29-31-33-36-39-42-45-48-54(57)60-51-52(50-59-53(56)47-44-41-38-35-32-24-21-18-15-12-9-6-3)61-55(58)49-46-43-40-37-34-30-26-23-20-17-14-11-8-5-2/h8,11,17,20,52H,4-7,9-10,12-16,18-19,21-51H2,1-3H3/b11-8-,20-17-. The van der Waals surface area contributed by atoms with Crippen LogP contribution in [0, 0.1) is 0 Å². The normalized spacial score (nSPS) is 12.1. The lowest BCUT2D eigenvalue weighted by Crippen LogP contribution is -2.30. The van der Waals surface area contributed by atoms with Gasteiger partial charge in [-0.2, -0.15) is 0 Å². The monoisotopic (exact) mass is 859 g/mol. The summed E-state index contributed by atoms with van der Waals surface area (Å²) in [5.74, 6) is -0.861. The number of unbranched alkanes of at least 4 members (excludes halogenated alkanes) is 34. The van der Waals surface area contributed by atoms with Crippen molar-refractivity contribution in [3.05, 3.63) is 24.3 Å². The van der Waals surface area contributed by atoms with E-state index in [1.165, 1.54) is 173 Å². The number of hydrogen-bond donors (Lipinski definition) is 0.